The third-order valence-corrected chi connectivity index (χ3v) is 3.86. The fourth-order valence-corrected chi connectivity index (χ4v) is 2.67. The molecule has 1 aromatic heterocycles. The summed E-state index contributed by atoms with van der Waals surface area (Å²) in [5.74, 6) is 1.55. The number of para-hydroxylation sites is 1. The smallest absolute Gasteiger partial charge is 0.235 e. The topological polar surface area (TPSA) is 66.5 Å². The number of nitro groups is 1. The van der Waals surface area contributed by atoms with Crippen LogP contribution >= 0.6 is 0 Å². The predicted octanol–water partition coefficient (Wildman–Crippen LogP) is 3.98. The number of hydrogen-bond donors (Lipinski definition) is 0. The van der Waals surface area contributed by atoms with Gasteiger partial charge in [0.05, 0.1) is 18.6 Å². The lowest BCUT2D eigenvalue weighted by Crippen LogP contribution is -2.07. The molecule has 0 amide bonds. The number of aromatic nitrogens is 1. The summed E-state index contributed by atoms with van der Waals surface area (Å²) < 4.78 is 12.9. The molecular weight excluding hydrogens is 320 g/mol. The van der Waals surface area contributed by atoms with E-state index in [1.807, 2.05) is 59.3 Å². The van der Waals surface area contributed by atoms with E-state index in [4.69, 9.17) is 9.47 Å². The molecule has 0 N–H and O–H groups in total. The Kier molecular flexibility index (Phi) is 4.99. The van der Waals surface area contributed by atoms with Crippen LogP contribution in [0.15, 0.2) is 60.9 Å². The molecule has 25 heavy (non-hydrogen) atoms. The van der Waals surface area contributed by atoms with Crippen LogP contribution in [0.3, 0.4) is 0 Å². The molecular formula is C19H18N2O4. The van der Waals surface area contributed by atoms with Crippen LogP contribution in [0.1, 0.15) is 5.56 Å². The van der Waals surface area contributed by atoms with Gasteiger partial charge < -0.3 is 14.0 Å². The Morgan fingerprint density at radius 2 is 1.84 bits per heavy atom. The number of fused-ring (bicyclic) bond motifs is 1. The van der Waals surface area contributed by atoms with Gasteiger partial charge in [-0.3, -0.25) is 10.1 Å². The molecule has 0 fully saturated rings. The summed E-state index contributed by atoms with van der Waals surface area (Å²) in [5, 5.41) is 11.6. The Morgan fingerprint density at radius 3 is 2.56 bits per heavy atom. The number of hydrogen-bond acceptors (Lipinski definition) is 4. The number of rotatable bonds is 7. The van der Waals surface area contributed by atoms with Gasteiger partial charge in [-0.15, -0.1) is 0 Å². The van der Waals surface area contributed by atoms with Crippen LogP contribution in [0.2, 0.25) is 0 Å². The van der Waals surface area contributed by atoms with Gasteiger partial charge in [0.15, 0.2) is 0 Å². The molecule has 0 aliphatic rings. The molecule has 3 aromatic rings. The molecule has 0 unspecified atom stereocenters. The van der Waals surface area contributed by atoms with Gasteiger partial charge in [-0.2, -0.15) is 0 Å². The zero-order valence-corrected chi connectivity index (χ0v) is 13.8. The summed E-state index contributed by atoms with van der Waals surface area (Å²) in [6.45, 7) is 1.13. The minimum atomic E-state index is -0.459. The summed E-state index contributed by atoms with van der Waals surface area (Å²) in [5.41, 5.74) is 1.83. The highest BCUT2D eigenvalue weighted by atomic mass is 16.6. The lowest BCUT2D eigenvalue weighted by molar-refractivity contribution is -0.400. The van der Waals surface area contributed by atoms with E-state index in [0.717, 1.165) is 34.2 Å². The Labute approximate surface area is 145 Å². The minimum Gasteiger partial charge on any atom is -0.497 e. The van der Waals surface area contributed by atoms with Crippen LogP contribution in [0.4, 0.5) is 0 Å². The molecule has 1 heterocycles. The summed E-state index contributed by atoms with van der Waals surface area (Å²) in [6, 6.07) is 15.2. The fourth-order valence-electron chi connectivity index (χ4n) is 2.67. The molecule has 0 saturated carbocycles. The fraction of sp³-hybridized carbons (Fsp3) is 0.158. The highest BCUT2D eigenvalue weighted by molar-refractivity contribution is 5.89. The molecule has 2 aromatic carbocycles. The average Bonchev–Trinajstić information content (AvgIpc) is 2.99. The van der Waals surface area contributed by atoms with Crippen molar-refractivity contribution in [2.24, 2.45) is 0 Å². The van der Waals surface area contributed by atoms with Crippen LogP contribution < -0.4 is 9.47 Å². The molecule has 3 rings (SSSR count). The third kappa shape index (κ3) is 3.98. The molecule has 0 bridgehead atoms. The zero-order chi connectivity index (χ0) is 17.6. The molecule has 0 atom stereocenters. The van der Waals surface area contributed by atoms with Crippen molar-refractivity contribution in [3.63, 3.8) is 0 Å². The van der Waals surface area contributed by atoms with Gasteiger partial charge in [0, 0.05) is 28.7 Å². The average molecular weight is 338 g/mol. The molecule has 6 heteroatoms. The van der Waals surface area contributed by atoms with Crippen LogP contribution in [-0.2, 0) is 6.54 Å². The monoisotopic (exact) mass is 338 g/mol. The van der Waals surface area contributed by atoms with E-state index in [2.05, 4.69) is 0 Å². The number of benzene rings is 2. The molecule has 0 aliphatic heterocycles. The summed E-state index contributed by atoms with van der Waals surface area (Å²) in [4.78, 5) is 10.1. The van der Waals surface area contributed by atoms with E-state index in [-0.39, 0.29) is 0 Å². The Morgan fingerprint density at radius 1 is 1.12 bits per heavy atom. The molecule has 128 valence electrons. The lowest BCUT2D eigenvalue weighted by Gasteiger charge is -2.09. The van der Waals surface area contributed by atoms with E-state index in [0.29, 0.717) is 13.2 Å². The van der Waals surface area contributed by atoms with Crippen molar-refractivity contribution in [3.8, 4) is 11.5 Å². The van der Waals surface area contributed by atoms with E-state index in [1.54, 1.807) is 7.11 Å². The second-order valence-electron chi connectivity index (χ2n) is 5.42. The molecule has 0 aliphatic carbocycles. The number of methoxy groups -OCH3 is 1. The van der Waals surface area contributed by atoms with Crippen molar-refractivity contribution >= 4 is 17.0 Å². The molecule has 0 spiro atoms. The van der Waals surface area contributed by atoms with Crippen LogP contribution in [0.25, 0.3) is 17.0 Å². The van der Waals surface area contributed by atoms with Crippen molar-refractivity contribution in [3.05, 3.63) is 76.6 Å². The summed E-state index contributed by atoms with van der Waals surface area (Å²) in [7, 11) is 1.62. The maximum Gasteiger partial charge on any atom is 0.235 e. The second-order valence-corrected chi connectivity index (χ2v) is 5.42. The summed E-state index contributed by atoms with van der Waals surface area (Å²) in [6.07, 6.45) is 4.38. The number of ether oxygens (including phenoxy) is 2. The Balaban J connectivity index is 1.73. The van der Waals surface area contributed by atoms with E-state index in [1.165, 1.54) is 6.08 Å². The quantitative estimate of drug-likeness (QED) is 0.483. The van der Waals surface area contributed by atoms with Gasteiger partial charge in [-0.1, -0.05) is 18.2 Å². The second kappa shape index (κ2) is 7.53. The van der Waals surface area contributed by atoms with Crippen molar-refractivity contribution in [2.75, 3.05) is 13.7 Å². The Hall–Kier alpha value is -3.28. The largest absolute Gasteiger partial charge is 0.497 e. The molecule has 0 radical (unpaired) electrons. The first-order valence-electron chi connectivity index (χ1n) is 7.84. The zero-order valence-electron chi connectivity index (χ0n) is 13.8. The SMILES string of the molecule is COc1ccc(OCCn2cc(/C=C/[N+](=O)[O-])c3ccccc32)cc1. The van der Waals surface area contributed by atoms with E-state index >= 15 is 0 Å². The molecule has 0 saturated heterocycles. The highest BCUT2D eigenvalue weighted by Crippen LogP contribution is 2.23. The van der Waals surface area contributed by atoms with Crippen molar-refractivity contribution in [1.82, 2.24) is 4.57 Å². The van der Waals surface area contributed by atoms with Gasteiger partial charge >= 0.3 is 0 Å². The lowest BCUT2D eigenvalue weighted by atomic mass is 10.2. The van der Waals surface area contributed by atoms with Gasteiger partial charge in [-0.25, -0.2) is 0 Å². The van der Waals surface area contributed by atoms with Gasteiger partial charge in [0.1, 0.15) is 18.1 Å². The first-order valence-corrected chi connectivity index (χ1v) is 7.84. The predicted molar refractivity (Wildman–Crippen MR) is 96.5 cm³/mol. The van der Waals surface area contributed by atoms with Gasteiger partial charge in [-0.05, 0) is 30.3 Å². The number of nitrogens with zero attached hydrogens (tertiary/aromatic N) is 2. The van der Waals surface area contributed by atoms with Gasteiger partial charge in [0.25, 0.3) is 0 Å². The minimum absolute atomic E-state index is 0.459. The van der Waals surface area contributed by atoms with Crippen LogP contribution in [0, 0.1) is 10.1 Å². The summed E-state index contributed by atoms with van der Waals surface area (Å²) >= 11 is 0. The van der Waals surface area contributed by atoms with Crippen LogP contribution in [0.5, 0.6) is 11.5 Å². The van der Waals surface area contributed by atoms with Crippen molar-refractivity contribution < 1.29 is 14.4 Å². The maximum atomic E-state index is 10.6. The first kappa shape index (κ1) is 16.6. The van der Waals surface area contributed by atoms with Gasteiger partial charge in [0.2, 0.25) is 6.20 Å². The first-order chi connectivity index (χ1) is 12.2. The Bertz CT molecular complexity index is 897. The van der Waals surface area contributed by atoms with Crippen LogP contribution in [-0.4, -0.2) is 23.2 Å². The normalized spacial score (nSPS) is 11.1. The van der Waals surface area contributed by atoms with Crippen molar-refractivity contribution in [1.29, 1.82) is 0 Å². The van der Waals surface area contributed by atoms with Crippen molar-refractivity contribution in [2.45, 2.75) is 6.54 Å². The molecule has 6 nitrogen and oxygen atoms in total. The third-order valence-electron chi connectivity index (χ3n) is 3.86. The maximum absolute atomic E-state index is 10.6. The van der Waals surface area contributed by atoms with E-state index < -0.39 is 4.92 Å². The van der Waals surface area contributed by atoms with E-state index in [9.17, 15) is 10.1 Å². The highest BCUT2D eigenvalue weighted by Gasteiger charge is 2.07. The standard InChI is InChI=1S/C19H18N2O4/c1-24-16-6-8-17(9-7-16)25-13-12-20-14-15(10-11-21(22)23)18-4-2-3-5-19(18)20/h2-11,14H,12-13H2,1H3/b11-10+.